The molecule has 0 unspecified atom stereocenters. The Hall–Kier alpha value is -9.17. The van der Waals surface area contributed by atoms with Crippen molar-refractivity contribution in [3.8, 4) is 42.5 Å². The molecule has 6 heterocycles. The molecule has 0 aliphatic carbocycles. The number of hydrogen-bond donors (Lipinski definition) is 4. The fraction of sp³-hybridized carbons (Fsp3) is 0.0189. The highest BCUT2D eigenvalue weighted by Crippen LogP contribution is 2.35. The van der Waals surface area contributed by atoms with Crippen LogP contribution in [0.5, 0.6) is 0 Å². The molecule has 0 saturated carbocycles. The second kappa shape index (κ2) is 38.1. The minimum atomic E-state index is -0.674. The highest BCUT2D eigenvalue weighted by Gasteiger charge is 2.22. The summed E-state index contributed by atoms with van der Waals surface area (Å²) >= 11 is 17.1. The Morgan fingerprint density at radius 2 is 0.966 bits per heavy atom. The Balaban J connectivity index is 0.000000199. The second-order valence-corrected chi connectivity index (χ2v) is 27.8. The summed E-state index contributed by atoms with van der Waals surface area (Å²) in [6, 6.07) is 46.3. The van der Waals surface area contributed by atoms with Gasteiger partial charge in [0.05, 0.1) is 26.9 Å². The fourth-order valence-corrected chi connectivity index (χ4v) is 17.9. The van der Waals surface area contributed by atoms with E-state index < -0.39 is 31.8 Å². The number of ketones is 1. The number of rotatable bonds is 14. The van der Waals surface area contributed by atoms with Gasteiger partial charge in [0.25, 0.3) is 34.1 Å². The van der Waals surface area contributed by atoms with E-state index in [-0.39, 0.29) is 46.2 Å². The van der Waals surface area contributed by atoms with Gasteiger partial charge in [0.2, 0.25) is 0 Å². The molecule has 2 amide bonds. The summed E-state index contributed by atoms with van der Waals surface area (Å²) in [7, 11) is 6.83. The molecular weight excluding hydrogens is 1330 g/mol. The van der Waals surface area contributed by atoms with Gasteiger partial charge in [-0.25, -0.2) is 5.84 Å². The molecule has 0 radical (unpaired) electrons. The quantitative estimate of drug-likeness (QED) is 0.0115. The van der Waals surface area contributed by atoms with Crippen LogP contribution in [0.15, 0.2) is 195 Å². The third-order valence-corrected chi connectivity index (χ3v) is 22.5. The molecule has 10 aromatic rings. The smallest absolute Gasteiger partial charge is 0.282 e. The number of para-hydroxylation sites is 4. The van der Waals surface area contributed by atoms with Crippen molar-refractivity contribution in [1.29, 1.82) is 0 Å². The molecule has 0 bridgehead atoms. The molecule has 0 spiro atoms. The molecule has 4 aromatic carbocycles. The van der Waals surface area contributed by atoms with Crippen molar-refractivity contribution in [2.45, 2.75) is 0 Å². The van der Waals surface area contributed by atoms with Crippen LogP contribution in [-0.2, 0) is 50.3 Å². The third kappa shape index (κ3) is 22.6. The van der Waals surface area contributed by atoms with Crippen LogP contribution in [0.2, 0.25) is 0 Å². The number of anilines is 1. The van der Waals surface area contributed by atoms with Crippen LogP contribution < -0.4 is 22.3 Å². The topological polar surface area (TPSA) is 377 Å². The lowest BCUT2D eigenvalue weighted by Crippen LogP contribution is -2.30. The SMILES string of the molecule is NNC(=O)c1ccccc1[N+](=O)[O-].Nc1ccccc1-c1nnc(-c2ccccn2)s1.O=C(CNC(=O)c1ccccc1[N+](=O)[O-])c1ccccn1.O=C(Cl)c1ccccn1.O=[N+]([O-])c1ccccc1-c1nnc(-c2ccccn2)s1.S=PP=S=S=S=S. The van der Waals surface area contributed by atoms with Gasteiger partial charge in [-0.2, -0.15) is 0 Å². The maximum Gasteiger partial charge on any atom is 0.282 e. The zero-order valence-corrected chi connectivity index (χ0v) is 52.7. The molecule has 0 atom stereocenters. The first kappa shape index (κ1) is 69.6. The zero-order valence-electron chi connectivity index (χ0n) is 44.5. The maximum atomic E-state index is 11.9. The maximum absolute atomic E-state index is 11.9. The average molecular weight is 1370 g/mol. The van der Waals surface area contributed by atoms with E-state index in [1.807, 2.05) is 66.1 Å². The summed E-state index contributed by atoms with van der Waals surface area (Å²) in [4.78, 5) is 91.6. The molecule has 446 valence electrons. The number of nitrogen functional groups attached to an aromatic ring is 2. The van der Waals surface area contributed by atoms with Crippen LogP contribution in [0.3, 0.4) is 0 Å². The molecule has 0 aliphatic rings. The molecule has 0 fully saturated rings. The number of nitrogens with one attached hydrogen (secondary N) is 2. The van der Waals surface area contributed by atoms with Crippen molar-refractivity contribution in [3.05, 3.63) is 248 Å². The van der Waals surface area contributed by atoms with Crippen molar-refractivity contribution in [1.82, 2.24) is 51.1 Å². The van der Waals surface area contributed by atoms with Gasteiger partial charge in [0, 0.05) is 68.3 Å². The zero-order chi connectivity index (χ0) is 63.6. The van der Waals surface area contributed by atoms with Crippen molar-refractivity contribution in [3.63, 3.8) is 0 Å². The van der Waals surface area contributed by atoms with E-state index in [0.717, 1.165) is 28.3 Å². The summed E-state index contributed by atoms with van der Waals surface area (Å²) in [6.45, 7) is -0.276. The molecule has 35 heteroatoms. The van der Waals surface area contributed by atoms with Crippen molar-refractivity contribution < 1.29 is 33.9 Å². The first-order valence-corrected chi connectivity index (χ1v) is 34.7. The number of hydrazine groups is 1. The van der Waals surface area contributed by atoms with E-state index >= 15 is 0 Å². The molecular formula is C53H40ClN15O10P2S7. The lowest BCUT2D eigenvalue weighted by molar-refractivity contribution is -0.385. The number of carbonyl (C=O) groups excluding carboxylic acids is 4. The van der Waals surface area contributed by atoms with Crippen LogP contribution in [-0.4, -0.2) is 84.5 Å². The van der Waals surface area contributed by atoms with Gasteiger partial charge in [-0.05, 0) is 141 Å². The highest BCUT2D eigenvalue weighted by atomic mass is 35.5. The summed E-state index contributed by atoms with van der Waals surface area (Å²) < 4.78 is 0. The average Bonchev–Trinajstić information content (AvgIpc) is 3.20. The summed E-state index contributed by atoms with van der Waals surface area (Å²) in [5, 5.41) is 53.3. The van der Waals surface area contributed by atoms with E-state index in [2.05, 4.69) is 68.6 Å². The standard InChI is InChI=1S/C14H11N3O4.C13H8N4O2S.C13H10N4S.C7H7N3O3.C6H4ClNO.P2S5/c18-13(11-6-3-4-8-15-11)9-16-14(19)10-5-1-2-7-12(10)17(20)21;18-17(19)11-7-2-1-5-9(11)12-15-16-13(20-12)10-6-3-4-8-14-10;14-10-6-2-1-5-9(10)12-16-17-13(18-12)11-7-3-4-8-15-11;8-9-7(11)5-3-1-2-4-6(5)10(12)13;7-6(9)5-3-1-2-4-8-5;3-1-2-5-7-6-4/h1-8H,9H2,(H,16,19);1-8H;1-8H,14H2;1-4H,8H2,(H,9,11);1-4H;. The number of carbonyl (C=O) groups is 4. The number of benzene rings is 4. The van der Waals surface area contributed by atoms with Crippen LogP contribution in [0, 0.1) is 30.3 Å². The lowest BCUT2D eigenvalue weighted by atomic mass is 10.1. The summed E-state index contributed by atoms with van der Waals surface area (Å²) in [6.07, 6.45) is 6.40. The van der Waals surface area contributed by atoms with E-state index in [9.17, 15) is 49.5 Å². The van der Waals surface area contributed by atoms with Crippen molar-refractivity contribution in [2.24, 2.45) is 5.84 Å². The lowest BCUT2D eigenvalue weighted by Gasteiger charge is -2.05. The number of nitrogens with zero attached hydrogens (tertiary/aromatic N) is 11. The van der Waals surface area contributed by atoms with Gasteiger partial charge in [-0.3, -0.25) is 74.9 Å². The van der Waals surface area contributed by atoms with Crippen molar-refractivity contribution in [2.75, 3.05) is 12.3 Å². The van der Waals surface area contributed by atoms with Crippen molar-refractivity contribution >= 4 is 144 Å². The first-order valence-electron chi connectivity index (χ1n) is 24.1. The van der Waals surface area contributed by atoms with E-state index in [1.54, 1.807) is 79.3 Å². The van der Waals surface area contributed by atoms with Crippen LogP contribution in [0.4, 0.5) is 22.7 Å². The number of amides is 2. The van der Waals surface area contributed by atoms with Gasteiger partial charge in [-0.15, -0.1) is 20.4 Å². The number of pyridine rings is 4. The Labute approximate surface area is 533 Å². The van der Waals surface area contributed by atoms with Crippen LogP contribution >= 0.6 is 48.4 Å². The molecule has 25 nitrogen and oxygen atoms in total. The molecule has 88 heavy (non-hydrogen) atoms. The van der Waals surface area contributed by atoms with Gasteiger partial charge in [-0.1, -0.05) is 95.5 Å². The molecule has 0 aliphatic heterocycles. The second-order valence-electron chi connectivity index (χ2n) is 15.8. The summed E-state index contributed by atoms with van der Waals surface area (Å²) in [5.74, 6) is 3.13. The fourth-order valence-electron chi connectivity index (χ4n) is 6.48. The minimum absolute atomic E-state index is 0.0243. The largest absolute Gasteiger partial charge is 0.398 e. The Bertz CT molecular complexity index is 4180. The minimum Gasteiger partial charge on any atom is -0.398 e. The normalized spacial score (nSPS) is 9.84. The number of nitro benzene ring substituents is 3. The third-order valence-electron chi connectivity index (χ3n) is 10.3. The molecule has 0 saturated heterocycles. The van der Waals surface area contributed by atoms with Gasteiger partial charge >= 0.3 is 0 Å². The first-order chi connectivity index (χ1) is 42.6. The van der Waals surface area contributed by atoms with Gasteiger partial charge in [0.15, 0.2) is 20.8 Å². The Kier molecular flexibility index (Phi) is 30.1. The Morgan fingerprint density at radius 1 is 0.545 bits per heavy atom. The predicted molar refractivity (Wildman–Crippen MR) is 352 cm³/mol. The number of Topliss-reactive ketones (excluding diaryl/α,β-unsaturated/α-hetero) is 1. The predicted octanol–water partition coefficient (Wildman–Crippen LogP) is 11.0. The number of nitro groups is 3. The monoisotopic (exact) mass is 1370 g/mol. The Morgan fingerprint density at radius 3 is 1.40 bits per heavy atom. The van der Waals surface area contributed by atoms with Gasteiger partial charge in [0.1, 0.15) is 38.9 Å². The number of aromatic nitrogens is 8. The van der Waals surface area contributed by atoms with E-state index in [4.69, 9.17) is 23.2 Å². The molecule has 6 N–H and O–H groups in total. The number of halogens is 1. The number of nitrogens with two attached hydrogens (primary N) is 2. The van der Waals surface area contributed by atoms with E-state index in [1.165, 1.54) is 112 Å². The van der Waals surface area contributed by atoms with E-state index in [0.29, 0.717) is 32.7 Å². The highest BCUT2D eigenvalue weighted by molar-refractivity contribution is 8.63. The molecule has 6 aromatic heterocycles. The van der Waals surface area contributed by atoms with Gasteiger partial charge < -0.3 is 11.1 Å². The summed E-state index contributed by atoms with van der Waals surface area (Å²) in [5.41, 5.74) is 11.2. The van der Waals surface area contributed by atoms with Crippen LogP contribution in [0.25, 0.3) is 42.5 Å². The number of hydrogen-bond acceptors (Lipinski definition) is 24. The molecule has 10 rings (SSSR count). The van der Waals surface area contributed by atoms with Crippen LogP contribution in [0.1, 0.15) is 41.7 Å².